The Hall–Kier alpha value is -2.73. The van der Waals surface area contributed by atoms with E-state index < -0.39 is 5.91 Å². The van der Waals surface area contributed by atoms with Gasteiger partial charge in [-0.2, -0.15) is 5.10 Å². The molecule has 0 aliphatic rings. The lowest BCUT2D eigenvalue weighted by Crippen LogP contribution is -2.29. The first-order chi connectivity index (χ1) is 11.5. The van der Waals surface area contributed by atoms with Crippen molar-refractivity contribution in [1.82, 2.24) is 14.8 Å². The molecular weight excluding hydrogens is 328 g/mol. The van der Waals surface area contributed by atoms with Crippen LogP contribution in [0.1, 0.15) is 30.4 Å². The number of carbonyl (C=O) groups excluding carboxylic acids is 1. The van der Waals surface area contributed by atoms with Crippen molar-refractivity contribution in [2.24, 2.45) is 0 Å². The van der Waals surface area contributed by atoms with E-state index in [-0.39, 0.29) is 17.3 Å². The molecule has 122 valence electrons. The number of fused-ring (bicyclic) bond motifs is 1. The third kappa shape index (κ3) is 3.00. The summed E-state index contributed by atoms with van der Waals surface area (Å²) in [6, 6.07) is 9.99. The fourth-order valence-corrected chi connectivity index (χ4v) is 2.46. The lowest BCUT2D eigenvalue weighted by molar-refractivity contribution is 0.102. The summed E-state index contributed by atoms with van der Waals surface area (Å²) in [4.78, 5) is 29.2. The van der Waals surface area contributed by atoms with E-state index in [1.54, 1.807) is 36.4 Å². The summed E-state index contributed by atoms with van der Waals surface area (Å²) in [6.07, 6.45) is 1.44. The van der Waals surface area contributed by atoms with Crippen molar-refractivity contribution in [3.63, 3.8) is 0 Å². The normalized spacial score (nSPS) is 11.0. The van der Waals surface area contributed by atoms with Gasteiger partial charge in [0, 0.05) is 11.6 Å². The van der Waals surface area contributed by atoms with Gasteiger partial charge in [-0.25, -0.2) is 9.67 Å². The number of nitrogens with zero attached hydrogens (tertiary/aromatic N) is 3. The zero-order valence-electron chi connectivity index (χ0n) is 13.2. The maximum absolute atomic E-state index is 12.6. The van der Waals surface area contributed by atoms with Gasteiger partial charge in [0.25, 0.3) is 11.5 Å². The summed E-state index contributed by atoms with van der Waals surface area (Å²) in [7, 11) is 0. The minimum Gasteiger partial charge on any atom is -0.305 e. The van der Waals surface area contributed by atoms with Crippen molar-refractivity contribution in [1.29, 1.82) is 0 Å². The average Bonchev–Trinajstić information content (AvgIpc) is 2.57. The smallest absolute Gasteiger partial charge is 0.277 e. The van der Waals surface area contributed by atoms with E-state index in [1.807, 2.05) is 13.8 Å². The Morgan fingerprint density at radius 1 is 1.17 bits per heavy atom. The monoisotopic (exact) mass is 342 g/mol. The van der Waals surface area contributed by atoms with Crippen LogP contribution in [0.3, 0.4) is 0 Å². The molecule has 0 aliphatic carbocycles. The Bertz CT molecular complexity index is 964. The van der Waals surface area contributed by atoms with Gasteiger partial charge < -0.3 is 5.32 Å². The zero-order valence-corrected chi connectivity index (χ0v) is 13.9. The molecule has 6 nitrogen and oxygen atoms in total. The summed E-state index contributed by atoms with van der Waals surface area (Å²) in [6.45, 7) is 3.68. The summed E-state index contributed by atoms with van der Waals surface area (Å²) in [5, 5.41) is 8.36. The number of rotatable bonds is 3. The summed E-state index contributed by atoms with van der Waals surface area (Å²) < 4.78 is 1.31. The van der Waals surface area contributed by atoms with Crippen LogP contribution in [0, 0.1) is 0 Å². The molecule has 3 rings (SSSR count). The molecule has 1 amide bonds. The van der Waals surface area contributed by atoms with Crippen LogP contribution in [0.25, 0.3) is 10.8 Å². The molecular formula is C17H15ClN4O2. The van der Waals surface area contributed by atoms with Gasteiger partial charge in [0.15, 0.2) is 5.69 Å². The van der Waals surface area contributed by atoms with Gasteiger partial charge in [-0.1, -0.05) is 29.8 Å². The van der Waals surface area contributed by atoms with Crippen molar-refractivity contribution < 1.29 is 4.79 Å². The van der Waals surface area contributed by atoms with E-state index in [4.69, 9.17) is 11.6 Å². The van der Waals surface area contributed by atoms with Gasteiger partial charge >= 0.3 is 0 Å². The van der Waals surface area contributed by atoms with Crippen LogP contribution in [0.5, 0.6) is 0 Å². The third-order valence-corrected chi connectivity index (χ3v) is 3.73. The van der Waals surface area contributed by atoms with Crippen molar-refractivity contribution in [3.8, 4) is 0 Å². The zero-order chi connectivity index (χ0) is 17.3. The maximum atomic E-state index is 12.6. The molecule has 2 heterocycles. The van der Waals surface area contributed by atoms with Gasteiger partial charge in [0.05, 0.1) is 16.5 Å². The van der Waals surface area contributed by atoms with Gasteiger partial charge in [-0.05, 0) is 32.0 Å². The van der Waals surface area contributed by atoms with Crippen molar-refractivity contribution >= 4 is 34.1 Å². The fourth-order valence-electron chi connectivity index (χ4n) is 2.35. The lowest BCUT2D eigenvalue weighted by Gasteiger charge is -2.13. The molecule has 0 aliphatic heterocycles. The van der Waals surface area contributed by atoms with E-state index >= 15 is 0 Å². The summed E-state index contributed by atoms with van der Waals surface area (Å²) in [5.41, 5.74) is -0.0441. The second kappa shape index (κ2) is 6.41. The van der Waals surface area contributed by atoms with Crippen LogP contribution in [0.15, 0.2) is 47.4 Å². The molecule has 0 saturated carbocycles. The number of nitrogens with one attached hydrogen (secondary N) is 1. The maximum Gasteiger partial charge on any atom is 0.277 e. The van der Waals surface area contributed by atoms with Crippen LogP contribution >= 0.6 is 11.6 Å². The average molecular weight is 343 g/mol. The predicted molar refractivity (Wildman–Crippen MR) is 93.6 cm³/mol. The number of amides is 1. The number of hydrogen-bond donors (Lipinski definition) is 1. The van der Waals surface area contributed by atoms with Gasteiger partial charge in [-0.3, -0.25) is 9.59 Å². The molecule has 0 bridgehead atoms. The Kier molecular flexibility index (Phi) is 4.31. The van der Waals surface area contributed by atoms with Crippen LogP contribution in [-0.2, 0) is 0 Å². The van der Waals surface area contributed by atoms with Crippen molar-refractivity contribution in [2.45, 2.75) is 19.9 Å². The Morgan fingerprint density at radius 2 is 1.88 bits per heavy atom. The predicted octanol–water partition coefficient (Wildman–Crippen LogP) is 3.28. The Labute approximate surface area is 143 Å². The third-order valence-electron chi connectivity index (χ3n) is 3.50. The molecule has 0 radical (unpaired) electrons. The van der Waals surface area contributed by atoms with E-state index in [1.165, 1.54) is 10.9 Å². The van der Waals surface area contributed by atoms with Crippen LogP contribution in [-0.4, -0.2) is 20.7 Å². The minimum atomic E-state index is -0.435. The molecule has 0 spiro atoms. The number of halogens is 1. The molecule has 1 N–H and O–H groups in total. The quantitative estimate of drug-likeness (QED) is 0.792. The number of anilines is 1. The number of aromatic nitrogens is 3. The number of carbonyl (C=O) groups is 1. The molecule has 0 fully saturated rings. The van der Waals surface area contributed by atoms with Crippen LogP contribution in [0.2, 0.25) is 5.02 Å². The molecule has 0 atom stereocenters. The van der Waals surface area contributed by atoms with Gasteiger partial charge in [0.1, 0.15) is 5.82 Å². The van der Waals surface area contributed by atoms with Gasteiger partial charge in [-0.15, -0.1) is 0 Å². The second-order valence-electron chi connectivity index (χ2n) is 5.55. The largest absolute Gasteiger partial charge is 0.305 e. The summed E-state index contributed by atoms with van der Waals surface area (Å²) in [5.74, 6) is -0.0759. The summed E-state index contributed by atoms with van der Waals surface area (Å²) >= 11 is 5.79. The molecule has 0 saturated heterocycles. The molecule has 24 heavy (non-hydrogen) atoms. The Morgan fingerprint density at radius 3 is 2.50 bits per heavy atom. The molecule has 0 unspecified atom stereocenters. The molecule has 3 aromatic rings. The van der Waals surface area contributed by atoms with Crippen LogP contribution in [0.4, 0.5) is 5.82 Å². The number of hydrogen-bond acceptors (Lipinski definition) is 4. The van der Waals surface area contributed by atoms with Crippen molar-refractivity contribution in [2.75, 3.05) is 5.32 Å². The number of benzene rings is 1. The lowest BCUT2D eigenvalue weighted by atomic mass is 10.1. The number of pyridine rings is 1. The molecule has 7 heteroatoms. The minimum absolute atomic E-state index is 0.165. The van der Waals surface area contributed by atoms with Crippen molar-refractivity contribution in [3.05, 3.63) is 63.7 Å². The first-order valence-corrected chi connectivity index (χ1v) is 7.79. The standard InChI is InChI=1S/C17H15ClN4O2/c1-10(2)22-17(24)13-6-4-3-5-12(13)15(21-22)16(23)20-14-8-7-11(18)9-19-14/h3-10H,1-2H3,(H,19,20,23). The SMILES string of the molecule is CC(C)n1nc(C(=O)Nc2ccc(Cl)cn2)c2ccccc2c1=O. The molecule has 1 aromatic carbocycles. The topological polar surface area (TPSA) is 76.9 Å². The first kappa shape index (κ1) is 16.1. The Balaban J connectivity index is 2.10. The highest BCUT2D eigenvalue weighted by molar-refractivity contribution is 6.30. The highest BCUT2D eigenvalue weighted by atomic mass is 35.5. The van der Waals surface area contributed by atoms with E-state index in [9.17, 15) is 9.59 Å². The molecule has 2 aromatic heterocycles. The first-order valence-electron chi connectivity index (χ1n) is 7.42. The van der Waals surface area contributed by atoms with E-state index in [2.05, 4.69) is 15.4 Å². The van der Waals surface area contributed by atoms with E-state index in [0.29, 0.717) is 21.6 Å². The highest BCUT2D eigenvalue weighted by Gasteiger charge is 2.18. The van der Waals surface area contributed by atoms with Crippen LogP contribution < -0.4 is 10.9 Å². The fraction of sp³-hybridized carbons (Fsp3) is 0.176. The second-order valence-corrected chi connectivity index (χ2v) is 5.99. The highest BCUT2D eigenvalue weighted by Crippen LogP contribution is 2.17. The van der Waals surface area contributed by atoms with Gasteiger partial charge in [0.2, 0.25) is 0 Å². The van der Waals surface area contributed by atoms with E-state index in [0.717, 1.165) is 0 Å².